The fourth-order valence-corrected chi connectivity index (χ4v) is 2.77. The second-order valence-electron chi connectivity index (χ2n) is 5.75. The molecule has 0 unspecified atom stereocenters. The van der Waals surface area contributed by atoms with Crippen LogP contribution in [0.5, 0.6) is 0 Å². The first-order valence-electron chi connectivity index (χ1n) is 8.08. The molecule has 0 aliphatic carbocycles. The molecule has 6 nitrogen and oxygen atoms in total. The van der Waals surface area contributed by atoms with Crippen LogP contribution in [0.2, 0.25) is 0 Å². The molecule has 0 saturated heterocycles. The molecule has 2 heterocycles. The van der Waals surface area contributed by atoms with Crippen LogP contribution in [0.3, 0.4) is 0 Å². The van der Waals surface area contributed by atoms with Crippen LogP contribution in [0.4, 0.5) is 0 Å². The monoisotopic (exact) mass is 329 g/mol. The highest BCUT2D eigenvalue weighted by atomic mass is 16.5. The highest BCUT2D eigenvalue weighted by molar-refractivity contribution is 5.80. The van der Waals surface area contributed by atoms with E-state index in [2.05, 4.69) is 32.7 Å². The van der Waals surface area contributed by atoms with Gasteiger partial charge in [0.2, 0.25) is 5.82 Å². The molecule has 0 radical (unpaired) electrons. The molecule has 0 fully saturated rings. The van der Waals surface area contributed by atoms with Crippen LogP contribution in [0.15, 0.2) is 53.3 Å². The maximum absolute atomic E-state index is 8.86. The van der Waals surface area contributed by atoms with E-state index in [-0.39, 0.29) is 0 Å². The second-order valence-corrected chi connectivity index (χ2v) is 5.75. The summed E-state index contributed by atoms with van der Waals surface area (Å²) in [5.41, 5.74) is 4.25. The van der Waals surface area contributed by atoms with E-state index in [1.165, 1.54) is 0 Å². The smallest absolute Gasteiger partial charge is 0.258 e. The number of aryl methyl sites for hydroxylation is 1. The number of fused-ring (bicyclic) bond motifs is 1. The molecule has 122 valence electrons. The van der Waals surface area contributed by atoms with Gasteiger partial charge in [-0.2, -0.15) is 10.2 Å². The van der Waals surface area contributed by atoms with E-state index in [1.54, 1.807) is 24.3 Å². The molecule has 0 N–H and O–H groups in total. The zero-order valence-corrected chi connectivity index (χ0v) is 13.7. The Bertz CT molecular complexity index is 1070. The van der Waals surface area contributed by atoms with Gasteiger partial charge >= 0.3 is 0 Å². The zero-order valence-electron chi connectivity index (χ0n) is 13.7. The van der Waals surface area contributed by atoms with Gasteiger partial charge in [0.25, 0.3) is 5.89 Å². The first-order valence-corrected chi connectivity index (χ1v) is 8.08. The fraction of sp³-hybridized carbons (Fsp3) is 0.158. The molecule has 2 aromatic carbocycles. The molecule has 0 amide bonds. The zero-order chi connectivity index (χ0) is 17.2. The Morgan fingerprint density at radius 2 is 1.92 bits per heavy atom. The minimum absolute atomic E-state index is 0.427. The van der Waals surface area contributed by atoms with Crippen molar-refractivity contribution in [1.29, 1.82) is 5.26 Å². The third kappa shape index (κ3) is 2.76. The number of nitriles is 1. The lowest BCUT2D eigenvalue weighted by molar-refractivity contribution is 0.432. The lowest BCUT2D eigenvalue weighted by Crippen LogP contribution is -1.93. The normalized spacial score (nSPS) is 10.9. The summed E-state index contributed by atoms with van der Waals surface area (Å²) < 4.78 is 7.50. The molecule has 0 saturated carbocycles. The summed E-state index contributed by atoms with van der Waals surface area (Å²) in [5, 5.41) is 12.9. The standard InChI is InChI=1S/C19H15N5O/c1-2-9-24-12-21-16-10-15(7-8-17(16)24)18-22-19(25-23-18)14-5-3-13(11-20)4-6-14/h3-8,10,12H,2,9H2,1H3. The predicted octanol–water partition coefficient (Wildman–Crippen LogP) is 4.03. The third-order valence-corrected chi connectivity index (χ3v) is 4.03. The van der Waals surface area contributed by atoms with Gasteiger partial charge in [-0.25, -0.2) is 4.98 Å². The van der Waals surface area contributed by atoms with Gasteiger partial charge in [-0.15, -0.1) is 0 Å². The number of nitrogens with zero attached hydrogens (tertiary/aromatic N) is 5. The van der Waals surface area contributed by atoms with Crippen molar-refractivity contribution in [3.8, 4) is 28.9 Å². The Morgan fingerprint density at radius 1 is 1.12 bits per heavy atom. The molecule has 0 bridgehead atoms. The van der Waals surface area contributed by atoms with Crippen LogP contribution in [0.25, 0.3) is 33.9 Å². The van der Waals surface area contributed by atoms with Crippen LogP contribution in [0, 0.1) is 11.3 Å². The molecule has 4 aromatic rings. The second kappa shape index (κ2) is 6.21. The average molecular weight is 329 g/mol. The Morgan fingerprint density at radius 3 is 2.68 bits per heavy atom. The van der Waals surface area contributed by atoms with Crippen molar-refractivity contribution < 1.29 is 4.52 Å². The van der Waals surface area contributed by atoms with E-state index in [0.717, 1.165) is 35.1 Å². The minimum Gasteiger partial charge on any atom is -0.334 e. The van der Waals surface area contributed by atoms with E-state index in [1.807, 2.05) is 24.5 Å². The van der Waals surface area contributed by atoms with Gasteiger partial charge in [0.1, 0.15) is 0 Å². The van der Waals surface area contributed by atoms with Gasteiger partial charge < -0.3 is 9.09 Å². The van der Waals surface area contributed by atoms with E-state index in [9.17, 15) is 0 Å². The predicted molar refractivity (Wildman–Crippen MR) is 93.5 cm³/mol. The summed E-state index contributed by atoms with van der Waals surface area (Å²) in [5.74, 6) is 0.947. The molecular weight excluding hydrogens is 314 g/mol. The Hall–Kier alpha value is -3.46. The van der Waals surface area contributed by atoms with Gasteiger partial charge in [0, 0.05) is 17.7 Å². The largest absolute Gasteiger partial charge is 0.334 e. The number of imidazole rings is 1. The van der Waals surface area contributed by atoms with Crippen LogP contribution in [0.1, 0.15) is 18.9 Å². The molecule has 0 spiro atoms. The maximum Gasteiger partial charge on any atom is 0.258 e. The van der Waals surface area contributed by atoms with E-state index in [4.69, 9.17) is 9.78 Å². The van der Waals surface area contributed by atoms with Gasteiger partial charge in [-0.05, 0) is 48.9 Å². The van der Waals surface area contributed by atoms with Gasteiger partial charge in [-0.1, -0.05) is 12.1 Å². The van der Waals surface area contributed by atoms with Crippen molar-refractivity contribution in [2.45, 2.75) is 19.9 Å². The highest BCUT2D eigenvalue weighted by Gasteiger charge is 2.12. The van der Waals surface area contributed by atoms with Gasteiger partial charge in [0.15, 0.2) is 0 Å². The number of benzene rings is 2. The number of hydrogen-bond acceptors (Lipinski definition) is 5. The summed E-state index contributed by atoms with van der Waals surface area (Å²) >= 11 is 0. The van der Waals surface area contributed by atoms with Crippen molar-refractivity contribution in [2.75, 3.05) is 0 Å². The maximum atomic E-state index is 8.86. The van der Waals surface area contributed by atoms with Gasteiger partial charge in [-0.3, -0.25) is 0 Å². The SMILES string of the molecule is CCCn1cnc2cc(-c3noc(-c4ccc(C#N)cc4)n3)ccc21. The molecular formula is C19H15N5O. The number of rotatable bonds is 4. The molecule has 0 atom stereocenters. The number of aromatic nitrogens is 4. The fourth-order valence-electron chi connectivity index (χ4n) is 2.77. The van der Waals surface area contributed by atoms with Crippen LogP contribution >= 0.6 is 0 Å². The Balaban J connectivity index is 1.67. The molecule has 0 aliphatic heterocycles. The van der Waals surface area contributed by atoms with E-state index in [0.29, 0.717) is 17.3 Å². The third-order valence-electron chi connectivity index (χ3n) is 4.03. The number of hydrogen-bond donors (Lipinski definition) is 0. The first-order chi connectivity index (χ1) is 12.3. The van der Waals surface area contributed by atoms with Crippen molar-refractivity contribution in [2.24, 2.45) is 0 Å². The Labute approximate surface area is 144 Å². The van der Waals surface area contributed by atoms with Crippen molar-refractivity contribution in [1.82, 2.24) is 19.7 Å². The van der Waals surface area contributed by atoms with Gasteiger partial charge in [0.05, 0.1) is 29.0 Å². The molecule has 0 aliphatic rings. The molecule has 2 aromatic heterocycles. The lowest BCUT2D eigenvalue weighted by atomic mass is 10.1. The van der Waals surface area contributed by atoms with Crippen molar-refractivity contribution in [3.63, 3.8) is 0 Å². The average Bonchev–Trinajstić information content (AvgIpc) is 3.29. The highest BCUT2D eigenvalue weighted by Crippen LogP contribution is 2.25. The summed E-state index contributed by atoms with van der Waals surface area (Å²) in [4.78, 5) is 8.91. The van der Waals surface area contributed by atoms with E-state index >= 15 is 0 Å². The molecule has 6 heteroatoms. The van der Waals surface area contributed by atoms with Crippen molar-refractivity contribution in [3.05, 3.63) is 54.4 Å². The molecule has 4 rings (SSSR count). The first kappa shape index (κ1) is 15.1. The quantitative estimate of drug-likeness (QED) is 0.564. The minimum atomic E-state index is 0.427. The lowest BCUT2D eigenvalue weighted by Gasteiger charge is -2.01. The van der Waals surface area contributed by atoms with Crippen LogP contribution < -0.4 is 0 Å². The summed E-state index contributed by atoms with van der Waals surface area (Å²) in [7, 11) is 0. The Kier molecular flexibility index (Phi) is 3.75. The summed E-state index contributed by atoms with van der Waals surface area (Å²) in [6.45, 7) is 3.09. The summed E-state index contributed by atoms with van der Waals surface area (Å²) in [6.07, 6.45) is 2.92. The summed E-state index contributed by atoms with van der Waals surface area (Å²) in [6, 6.07) is 15.1. The van der Waals surface area contributed by atoms with E-state index < -0.39 is 0 Å². The molecule has 25 heavy (non-hydrogen) atoms. The van der Waals surface area contributed by atoms with Crippen LogP contribution in [-0.2, 0) is 6.54 Å². The van der Waals surface area contributed by atoms with Crippen LogP contribution in [-0.4, -0.2) is 19.7 Å². The van der Waals surface area contributed by atoms with Crippen molar-refractivity contribution >= 4 is 11.0 Å². The topological polar surface area (TPSA) is 80.5 Å².